The molecule has 0 aliphatic heterocycles. The Morgan fingerprint density at radius 3 is 0.570 bits per heavy atom. The van der Waals surface area contributed by atoms with E-state index < -0.39 is 0 Å². The summed E-state index contributed by atoms with van der Waals surface area (Å²) in [5.41, 5.74) is 0. The van der Waals surface area contributed by atoms with Crippen LogP contribution in [0.2, 0.25) is 0 Å². The van der Waals surface area contributed by atoms with Crippen molar-refractivity contribution in [3.8, 4) is 0 Å². The fourth-order valence-corrected chi connectivity index (χ4v) is 13.4. The predicted molar refractivity (Wildman–Crippen MR) is 422 cm³/mol. The van der Waals surface area contributed by atoms with Gasteiger partial charge in [0.05, 0.1) is 65.8 Å². The first kappa shape index (κ1) is 97.2. The number of hydrogen-bond donors (Lipinski definition) is 1. The normalized spacial score (nSPS) is 11.6. The summed E-state index contributed by atoms with van der Waals surface area (Å²) >= 11 is 0. The molecule has 0 spiro atoms. The van der Waals surface area contributed by atoms with Crippen molar-refractivity contribution in [2.24, 2.45) is 0 Å². The number of esters is 5. The van der Waals surface area contributed by atoms with Gasteiger partial charge in [-0.1, -0.05) is 388 Å². The molecule has 0 saturated carbocycles. The highest BCUT2D eigenvalue weighted by Crippen LogP contribution is 2.18. The van der Waals surface area contributed by atoms with Crippen molar-refractivity contribution < 1.29 is 47.7 Å². The number of nitrogens with zero attached hydrogens (tertiary/aromatic N) is 3. The van der Waals surface area contributed by atoms with Crippen LogP contribution in [0.25, 0.3) is 0 Å². The molecule has 0 aromatic heterocycles. The van der Waals surface area contributed by atoms with Gasteiger partial charge in [0.25, 0.3) is 0 Å². The van der Waals surface area contributed by atoms with E-state index in [9.17, 15) is 24.0 Å². The standard InChI is InChI=1S/C86H168N4O10/c1-6-11-16-21-26-31-36-41-46-51-56-61-72-96-82(91)77-87-66-67-88(78-83(92)97-73-62-57-52-47-42-37-32-27-22-17-12-7-2)68-69-89(79-84(93)98-74-63-58-53-48-43-38-33-28-23-18-13-8-3)70-71-90(80-85(94)99-75-64-59-54-49-44-39-34-29-24-19-14-9-4)81-86(95)100-76-65-60-55-50-45-40-35-30-25-20-15-10-5/h87H,6-81H2,1-5H3. The summed E-state index contributed by atoms with van der Waals surface area (Å²) < 4.78 is 29.0. The zero-order valence-electron chi connectivity index (χ0n) is 67.2. The van der Waals surface area contributed by atoms with Crippen molar-refractivity contribution in [1.29, 1.82) is 0 Å². The van der Waals surface area contributed by atoms with Gasteiger partial charge in [0, 0.05) is 39.3 Å². The predicted octanol–water partition coefficient (Wildman–Crippen LogP) is 22.7. The van der Waals surface area contributed by atoms with E-state index in [-0.39, 0.29) is 62.6 Å². The molecule has 1 N–H and O–H groups in total. The molecule has 0 rings (SSSR count). The highest BCUT2D eigenvalue weighted by atomic mass is 16.5. The molecule has 14 heteroatoms. The topological polar surface area (TPSA) is 153 Å². The molecule has 100 heavy (non-hydrogen) atoms. The monoisotopic (exact) mass is 1420 g/mol. The van der Waals surface area contributed by atoms with Gasteiger partial charge >= 0.3 is 29.8 Å². The molecule has 0 unspecified atom stereocenters. The van der Waals surface area contributed by atoms with E-state index in [2.05, 4.69) is 39.9 Å². The largest absolute Gasteiger partial charge is 0.465 e. The smallest absolute Gasteiger partial charge is 0.320 e. The Balaban J connectivity index is 6.08. The molecular formula is C86H168N4O10. The summed E-state index contributed by atoms with van der Waals surface area (Å²) in [6.07, 6.45) is 73.8. The zero-order chi connectivity index (χ0) is 72.6. The summed E-state index contributed by atoms with van der Waals surface area (Å²) in [6.45, 7) is 15.5. The van der Waals surface area contributed by atoms with E-state index in [1.54, 1.807) is 4.90 Å². The van der Waals surface area contributed by atoms with Crippen LogP contribution in [0, 0.1) is 0 Å². The van der Waals surface area contributed by atoms with Crippen molar-refractivity contribution in [1.82, 2.24) is 20.0 Å². The van der Waals surface area contributed by atoms with Gasteiger partial charge in [-0.2, -0.15) is 0 Å². The van der Waals surface area contributed by atoms with Crippen molar-refractivity contribution in [3.63, 3.8) is 0 Å². The summed E-state index contributed by atoms with van der Waals surface area (Å²) in [7, 11) is 0. The third kappa shape index (κ3) is 76.3. The number of carbonyl (C=O) groups is 5. The summed E-state index contributed by atoms with van der Waals surface area (Å²) in [6, 6.07) is 0. The highest BCUT2D eigenvalue weighted by Gasteiger charge is 2.22. The zero-order valence-corrected chi connectivity index (χ0v) is 67.2. The number of ether oxygens (including phenoxy) is 5. The molecule has 0 saturated heterocycles. The summed E-state index contributed by atoms with van der Waals surface area (Å²) in [5, 5.41) is 3.27. The van der Waals surface area contributed by atoms with E-state index in [1.165, 1.54) is 295 Å². The van der Waals surface area contributed by atoms with Crippen LogP contribution in [0.15, 0.2) is 0 Å². The van der Waals surface area contributed by atoms with Crippen molar-refractivity contribution in [2.75, 3.05) is 105 Å². The Hall–Kier alpha value is -2.81. The molecule has 14 nitrogen and oxygen atoms in total. The first-order valence-corrected chi connectivity index (χ1v) is 43.8. The maximum absolute atomic E-state index is 13.8. The van der Waals surface area contributed by atoms with Crippen LogP contribution in [0.5, 0.6) is 0 Å². The van der Waals surface area contributed by atoms with Gasteiger partial charge in [0.15, 0.2) is 0 Å². The Kier molecular flexibility index (Phi) is 79.6. The molecule has 0 aliphatic rings. The van der Waals surface area contributed by atoms with Gasteiger partial charge in [-0.25, -0.2) is 0 Å². The minimum Gasteiger partial charge on any atom is -0.465 e. The number of carbonyl (C=O) groups excluding carboxylic acids is 5. The van der Waals surface area contributed by atoms with E-state index >= 15 is 0 Å². The molecule has 0 aromatic carbocycles. The lowest BCUT2D eigenvalue weighted by Crippen LogP contribution is -2.46. The Bertz CT molecular complexity index is 1680. The maximum atomic E-state index is 13.8. The van der Waals surface area contributed by atoms with E-state index in [0.29, 0.717) is 72.3 Å². The number of unbranched alkanes of at least 4 members (excludes halogenated alkanes) is 55. The molecule has 0 aliphatic carbocycles. The van der Waals surface area contributed by atoms with Crippen molar-refractivity contribution in [3.05, 3.63) is 0 Å². The first-order valence-electron chi connectivity index (χ1n) is 43.8. The second-order valence-corrected chi connectivity index (χ2v) is 30.0. The second kappa shape index (κ2) is 81.9. The van der Waals surface area contributed by atoms with E-state index in [0.717, 1.165) is 89.9 Å². The molecular weight excluding hydrogens is 1250 g/mol. The fourth-order valence-electron chi connectivity index (χ4n) is 13.4. The van der Waals surface area contributed by atoms with Crippen LogP contribution in [-0.4, -0.2) is 150 Å². The number of hydrogen-bond acceptors (Lipinski definition) is 14. The van der Waals surface area contributed by atoms with Crippen LogP contribution in [0.4, 0.5) is 0 Å². The van der Waals surface area contributed by atoms with Crippen molar-refractivity contribution in [2.45, 2.75) is 420 Å². The molecule has 0 heterocycles. The third-order valence-corrected chi connectivity index (χ3v) is 20.1. The minimum absolute atomic E-state index is 0.0133. The van der Waals surface area contributed by atoms with Crippen molar-refractivity contribution >= 4 is 29.8 Å². The van der Waals surface area contributed by atoms with Crippen LogP contribution >= 0.6 is 0 Å². The lowest BCUT2D eigenvalue weighted by Gasteiger charge is -2.29. The molecule has 0 radical (unpaired) electrons. The molecule has 0 amide bonds. The van der Waals surface area contributed by atoms with Gasteiger partial charge in [0.1, 0.15) is 0 Å². The average Bonchev–Trinajstić information content (AvgIpc) is 1.09. The molecule has 0 aromatic rings. The third-order valence-electron chi connectivity index (χ3n) is 20.1. The molecule has 0 fully saturated rings. The summed E-state index contributed by atoms with van der Waals surface area (Å²) in [4.78, 5) is 73.4. The highest BCUT2D eigenvalue weighted by molar-refractivity contribution is 5.75. The van der Waals surface area contributed by atoms with Gasteiger partial charge in [-0.15, -0.1) is 0 Å². The lowest BCUT2D eigenvalue weighted by molar-refractivity contribution is -0.150. The molecule has 0 bridgehead atoms. The SMILES string of the molecule is CCCCCCCCCCCCCCOC(=O)CNCCN(CCN(CCN(CC(=O)OCCCCCCCCCCCCCC)CC(=O)OCCCCCCCCCCCCCC)CC(=O)OCCCCCCCCCCCCCC)CC(=O)OCCCCCCCCCCCCCC. The first-order chi connectivity index (χ1) is 49.2. The van der Waals surface area contributed by atoms with E-state index in [4.69, 9.17) is 23.7 Å². The summed E-state index contributed by atoms with van der Waals surface area (Å²) in [5.74, 6) is -1.65. The molecule has 0 atom stereocenters. The minimum atomic E-state index is -0.376. The number of rotatable bonds is 84. The van der Waals surface area contributed by atoms with Gasteiger partial charge in [-0.3, -0.25) is 38.7 Å². The van der Waals surface area contributed by atoms with E-state index in [1.807, 2.05) is 9.80 Å². The quantitative estimate of drug-likeness (QED) is 0.0349. The maximum Gasteiger partial charge on any atom is 0.320 e. The van der Waals surface area contributed by atoms with Crippen LogP contribution < -0.4 is 5.32 Å². The van der Waals surface area contributed by atoms with Crippen LogP contribution in [0.3, 0.4) is 0 Å². The number of nitrogens with one attached hydrogen (secondary N) is 1. The van der Waals surface area contributed by atoms with Crippen LogP contribution in [0.1, 0.15) is 420 Å². The van der Waals surface area contributed by atoms with Crippen LogP contribution in [-0.2, 0) is 47.7 Å². The van der Waals surface area contributed by atoms with Gasteiger partial charge < -0.3 is 29.0 Å². The average molecular weight is 1420 g/mol. The Morgan fingerprint density at radius 1 is 0.200 bits per heavy atom. The second-order valence-electron chi connectivity index (χ2n) is 30.0. The van der Waals surface area contributed by atoms with Gasteiger partial charge in [0.2, 0.25) is 0 Å². The fraction of sp³-hybridized carbons (Fsp3) is 0.942. The molecule has 592 valence electrons. The Labute approximate surface area is 619 Å². The lowest BCUT2D eigenvalue weighted by atomic mass is 10.1. The van der Waals surface area contributed by atoms with Gasteiger partial charge in [-0.05, 0) is 32.1 Å². The Morgan fingerprint density at radius 2 is 0.360 bits per heavy atom.